The molecule has 1 aromatic carbocycles. The highest BCUT2D eigenvalue weighted by molar-refractivity contribution is 7.91. The Bertz CT molecular complexity index is 1140. The molecule has 210 valence electrons. The summed E-state index contributed by atoms with van der Waals surface area (Å²) in [6.07, 6.45) is 6.57. The molecule has 0 heterocycles. The summed E-state index contributed by atoms with van der Waals surface area (Å²) in [6.45, 7) is 5.01. The monoisotopic (exact) mass is 550 g/mol. The van der Waals surface area contributed by atoms with E-state index in [0.717, 1.165) is 51.4 Å². The zero-order valence-electron chi connectivity index (χ0n) is 22.5. The maximum Gasteiger partial charge on any atom is 0.407 e. The van der Waals surface area contributed by atoms with Crippen LogP contribution < -0.4 is 15.4 Å². The third kappa shape index (κ3) is 7.27. The summed E-state index contributed by atoms with van der Waals surface area (Å²) in [7, 11) is -3.51. The van der Waals surface area contributed by atoms with Crippen LogP contribution in [0.2, 0.25) is 0 Å². The maximum absolute atomic E-state index is 13.3. The quantitative estimate of drug-likeness (QED) is 0.432. The Morgan fingerprint density at radius 2 is 1.66 bits per heavy atom. The van der Waals surface area contributed by atoms with Crippen LogP contribution in [0.5, 0.6) is 5.75 Å². The lowest BCUT2D eigenvalue weighted by atomic mass is 9.58. The van der Waals surface area contributed by atoms with Crippen molar-refractivity contribution in [3.05, 3.63) is 36.2 Å². The third-order valence-corrected chi connectivity index (χ3v) is 9.84. The van der Waals surface area contributed by atoms with Crippen molar-refractivity contribution >= 4 is 21.8 Å². The van der Waals surface area contributed by atoms with Crippen LogP contribution >= 0.6 is 0 Å². The van der Waals surface area contributed by atoms with Crippen molar-refractivity contribution in [2.24, 2.45) is 11.3 Å². The summed E-state index contributed by atoms with van der Waals surface area (Å²) in [5.41, 5.74) is -0.861. The first-order valence-electron chi connectivity index (χ1n) is 13.4. The molecule has 38 heavy (non-hydrogen) atoms. The first-order chi connectivity index (χ1) is 17.8. The Morgan fingerprint density at radius 1 is 1.05 bits per heavy atom. The second kappa shape index (κ2) is 10.9. The lowest BCUT2D eigenvalue weighted by Gasteiger charge is -2.53. The Morgan fingerprint density at radius 3 is 2.18 bits per heavy atom. The lowest BCUT2D eigenvalue weighted by Crippen LogP contribution is -2.58. The molecule has 0 unspecified atom stereocenters. The molecule has 1 aromatic rings. The SMILES string of the molecule is CC(C)(C)OC(=O)NC/C(=C/F)COc1ccc(S(=O)(=O)CC23CCC(NC(=O)C4CC4)(CC2)CC3)cc1. The van der Waals surface area contributed by atoms with Gasteiger partial charge in [0, 0.05) is 23.6 Å². The molecule has 0 aromatic heterocycles. The van der Waals surface area contributed by atoms with Gasteiger partial charge < -0.3 is 20.1 Å². The van der Waals surface area contributed by atoms with Crippen LogP contribution in [0.3, 0.4) is 0 Å². The Hall–Kier alpha value is -2.62. The minimum absolute atomic E-state index is 0.0779. The molecule has 4 saturated carbocycles. The molecule has 0 atom stereocenters. The molecule has 0 radical (unpaired) electrons. The number of sulfone groups is 1. The molecule has 2 bridgehead atoms. The van der Waals surface area contributed by atoms with E-state index < -0.39 is 21.5 Å². The molecule has 2 N–H and O–H groups in total. The second-order valence-electron chi connectivity index (χ2n) is 12.2. The van der Waals surface area contributed by atoms with Crippen LogP contribution in [0, 0.1) is 11.3 Å². The number of amides is 2. The molecule has 4 fully saturated rings. The maximum atomic E-state index is 13.3. The number of hydrogen-bond donors (Lipinski definition) is 2. The Balaban J connectivity index is 1.27. The van der Waals surface area contributed by atoms with Gasteiger partial charge >= 0.3 is 6.09 Å². The number of ether oxygens (including phenoxy) is 2. The van der Waals surface area contributed by atoms with Crippen molar-refractivity contribution in [3.8, 4) is 5.75 Å². The van der Waals surface area contributed by atoms with Crippen LogP contribution in [0.25, 0.3) is 0 Å². The van der Waals surface area contributed by atoms with E-state index in [0.29, 0.717) is 12.1 Å². The highest BCUT2D eigenvalue weighted by Crippen LogP contribution is 2.53. The van der Waals surface area contributed by atoms with E-state index >= 15 is 0 Å². The van der Waals surface area contributed by atoms with Gasteiger partial charge in [-0.2, -0.15) is 0 Å². The largest absolute Gasteiger partial charge is 0.489 e. The summed E-state index contributed by atoms with van der Waals surface area (Å²) in [5.74, 6) is 0.838. The van der Waals surface area contributed by atoms with Gasteiger partial charge in [0.2, 0.25) is 5.91 Å². The normalized spacial score (nSPS) is 25.5. The van der Waals surface area contributed by atoms with Gasteiger partial charge in [-0.05, 0) is 102 Å². The molecular formula is C28H39FN2O6S. The van der Waals surface area contributed by atoms with Crippen molar-refractivity contribution in [3.63, 3.8) is 0 Å². The molecule has 5 rings (SSSR count). The lowest BCUT2D eigenvalue weighted by molar-refractivity contribution is -0.126. The van der Waals surface area contributed by atoms with E-state index in [1.54, 1.807) is 32.9 Å². The Kier molecular flexibility index (Phi) is 8.12. The number of rotatable bonds is 10. The standard InChI is InChI=1S/C28H39FN2O6S/c1-26(2,3)37-25(33)30-17-20(16-29)18-36-22-6-8-23(9-7-22)38(34,35)19-27-10-13-28(14-11-27,15-12-27)31-24(32)21-4-5-21/h6-9,16,21H,4-5,10-15,17-19H2,1-3H3,(H,30,33)(H,31,32)/b20-16-. The number of alkyl carbamates (subject to hydrolysis) is 1. The molecule has 4 aliphatic carbocycles. The summed E-state index contributed by atoms with van der Waals surface area (Å²) in [5, 5.41) is 5.77. The second-order valence-corrected chi connectivity index (χ2v) is 14.2. The summed E-state index contributed by atoms with van der Waals surface area (Å²) < 4.78 is 50.5. The van der Waals surface area contributed by atoms with Gasteiger partial charge in [0.1, 0.15) is 18.0 Å². The summed E-state index contributed by atoms with van der Waals surface area (Å²) >= 11 is 0. The van der Waals surface area contributed by atoms with Crippen molar-refractivity contribution < 1.29 is 31.9 Å². The average Bonchev–Trinajstić information content (AvgIpc) is 3.70. The van der Waals surface area contributed by atoms with Crippen molar-refractivity contribution in [1.82, 2.24) is 10.6 Å². The molecule has 2 amide bonds. The topological polar surface area (TPSA) is 111 Å². The molecular weight excluding hydrogens is 511 g/mol. The average molecular weight is 551 g/mol. The van der Waals surface area contributed by atoms with Crippen LogP contribution in [0.1, 0.15) is 72.1 Å². The third-order valence-electron chi connectivity index (χ3n) is 7.85. The van der Waals surface area contributed by atoms with E-state index in [-0.39, 0.29) is 52.2 Å². The summed E-state index contributed by atoms with van der Waals surface area (Å²) in [6, 6.07) is 6.15. The van der Waals surface area contributed by atoms with Gasteiger partial charge in [-0.3, -0.25) is 4.79 Å². The molecule has 4 aliphatic rings. The summed E-state index contributed by atoms with van der Waals surface area (Å²) in [4.78, 5) is 24.3. The first-order valence-corrected chi connectivity index (χ1v) is 15.0. The predicted molar refractivity (Wildman–Crippen MR) is 141 cm³/mol. The minimum atomic E-state index is -3.51. The van der Waals surface area contributed by atoms with Crippen molar-refractivity contribution in [2.75, 3.05) is 18.9 Å². The molecule has 8 nitrogen and oxygen atoms in total. The van der Waals surface area contributed by atoms with E-state index in [4.69, 9.17) is 9.47 Å². The highest BCUT2D eigenvalue weighted by atomic mass is 32.2. The van der Waals surface area contributed by atoms with Gasteiger partial charge in [-0.1, -0.05) is 0 Å². The number of nitrogens with one attached hydrogen (secondary N) is 2. The van der Waals surface area contributed by atoms with Crippen LogP contribution in [0.4, 0.5) is 9.18 Å². The zero-order chi connectivity index (χ0) is 27.6. The zero-order valence-corrected chi connectivity index (χ0v) is 23.3. The number of halogens is 1. The fourth-order valence-corrected chi connectivity index (χ4v) is 7.36. The highest BCUT2D eigenvalue weighted by Gasteiger charge is 2.51. The number of benzene rings is 1. The molecule has 10 heteroatoms. The van der Waals surface area contributed by atoms with Gasteiger partial charge in [0.15, 0.2) is 9.84 Å². The van der Waals surface area contributed by atoms with E-state index in [1.165, 1.54) is 12.1 Å². The Labute approximate surface area is 224 Å². The number of fused-ring (bicyclic) bond motifs is 3. The van der Waals surface area contributed by atoms with Gasteiger partial charge in [0.05, 0.1) is 17.0 Å². The predicted octanol–water partition coefficient (Wildman–Crippen LogP) is 4.84. The van der Waals surface area contributed by atoms with Gasteiger partial charge in [-0.25, -0.2) is 17.6 Å². The van der Waals surface area contributed by atoms with Crippen LogP contribution in [0.15, 0.2) is 41.1 Å². The van der Waals surface area contributed by atoms with E-state index in [9.17, 15) is 22.4 Å². The van der Waals surface area contributed by atoms with Crippen LogP contribution in [-0.2, 0) is 19.4 Å². The van der Waals surface area contributed by atoms with Crippen molar-refractivity contribution in [2.45, 2.75) is 88.2 Å². The number of carbonyl (C=O) groups excluding carboxylic acids is 2. The van der Waals surface area contributed by atoms with Gasteiger partial charge in [-0.15, -0.1) is 0 Å². The number of hydrogen-bond acceptors (Lipinski definition) is 6. The fourth-order valence-electron chi connectivity index (χ4n) is 5.40. The van der Waals surface area contributed by atoms with E-state index in [1.807, 2.05) is 0 Å². The molecule has 0 spiro atoms. The minimum Gasteiger partial charge on any atom is -0.489 e. The molecule has 0 saturated heterocycles. The van der Waals surface area contributed by atoms with Crippen molar-refractivity contribution in [1.29, 1.82) is 0 Å². The molecule has 0 aliphatic heterocycles. The smallest absolute Gasteiger partial charge is 0.407 e. The van der Waals surface area contributed by atoms with Crippen LogP contribution in [-0.4, -0.2) is 50.5 Å². The fraction of sp³-hybridized carbons (Fsp3) is 0.643. The number of carbonyl (C=O) groups is 2. The first kappa shape index (κ1) is 28.4. The van der Waals surface area contributed by atoms with E-state index in [2.05, 4.69) is 10.6 Å². The van der Waals surface area contributed by atoms with Gasteiger partial charge in [0.25, 0.3) is 0 Å².